The second kappa shape index (κ2) is 7.29. The van der Waals surface area contributed by atoms with E-state index in [9.17, 15) is 0 Å². The third-order valence-corrected chi connectivity index (χ3v) is 3.71. The summed E-state index contributed by atoms with van der Waals surface area (Å²) in [5.41, 5.74) is 0. The molecule has 0 fully saturated rings. The molecule has 78 valence electrons. The molecule has 0 radical (unpaired) electrons. The Hall–Kier alpha value is -1.13. The Kier molecular flexibility index (Phi) is 6.70. The molecule has 1 aromatic rings. The maximum Gasteiger partial charge on any atom is 0.300 e. The third-order valence-electron chi connectivity index (χ3n) is 1.64. The van der Waals surface area contributed by atoms with Crippen molar-refractivity contribution in [3.8, 4) is 0 Å². The second-order valence-electron chi connectivity index (χ2n) is 3.01. The Labute approximate surface area is 85.6 Å². The van der Waals surface area contributed by atoms with Crippen molar-refractivity contribution in [3.05, 3.63) is 30.3 Å². The predicted molar refractivity (Wildman–Crippen MR) is 59.5 cm³/mol. The summed E-state index contributed by atoms with van der Waals surface area (Å²) < 4.78 is 0. The van der Waals surface area contributed by atoms with Crippen LogP contribution in [0.25, 0.3) is 0 Å². The Bertz CT molecular complexity index is 257. The average molecular weight is 212 g/mol. The van der Waals surface area contributed by atoms with Gasteiger partial charge in [0, 0.05) is 13.2 Å². The quantitative estimate of drug-likeness (QED) is 0.697. The van der Waals surface area contributed by atoms with E-state index in [1.54, 1.807) is 0 Å². The van der Waals surface area contributed by atoms with E-state index >= 15 is 0 Å². The summed E-state index contributed by atoms with van der Waals surface area (Å²) in [6.07, 6.45) is 0.365. The van der Waals surface area contributed by atoms with Gasteiger partial charge in [-0.1, -0.05) is 42.1 Å². The average Bonchev–Trinajstić information content (AvgIpc) is 2.17. The van der Waals surface area contributed by atoms with Crippen LogP contribution >= 0.6 is 0 Å². The molecule has 2 N–H and O–H groups in total. The number of aliphatic hydroxyl groups excluding tert-OH is 1. The zero-order valence-electron chi connectivity index (χ0n) is 8.47. The zero-order chi connectivity index (χ0) is 11.0. The molecule has 0 heterocycles. The van der Waals surface area contributed by atoms with Crippen molar-refractivity contribution >= 4 is 20.0 Å². The van der Waals surface area contributed by atoms with E-state index in [1.807, 2.05) is 18.2 Å². The van der Waals surface area contributed by atoms with Crippen LogP contribution in [0.15, 0.2) is 30.3 Å². The summed E-state index contributed by atoms with van der Waals surface area (Å²) in [7, 11) is -0.984. The van der Waals surface area contributed by atoms with Gasteiger partial charge in [-0.3, -0.25) is 4.79 Å². The molecular weight excluding hydrogens is 196 g/mol. The Morgan fingerprint density at radius 2 is 1.79 bits per heavy atom. The van der Waals surface area contributed by atoms with Crippen molar-refractivity contribution in [2.45, 2.75) is 13.5 Å². The highest BCUT2D eigenvalue weighted by atomic mass is 28.3. The van der Waals surface area contributed by atoms with Crippen molar-refractivity contribution in [2.24, 2.45) is 0 Å². The first-order chi connectivity index (χ1) is 6.57. The Morgan fingerprint density at radius 1 is 1.36 bits per heavy atom. The zero-order valence-corrected chi connectivity index (χ0v) is 9.63. The standard InChI is InChI=1S/C8H12OSi.C2H4O2/c1-10(7-9)8-5-3-2-4-6-8;1-2(3)4/h2-6,9-10H,7H2,1H3;1H3,(H,3,4). The topological polar surface area (TPSA) is 57.5 Å². The molecule has 0 amide bonds. The lowest BCUT2D eigenvalue weighted by molar-refractivity contribution is -0.134. The molecular formula is C10H16O3Si. The molecule has 14 heavy (non-hydrogen) atoms. The molecule has 0 saturated heterocycles. The van der Waals surface area contributed by atoms with Gasteiger partial charge in [-0.15, -0.1) is 0 Å². The number of hydrogen-bond acceptors (Lipinski definition) is 2. The van der Waals surface area contributed by atoms with Gasteiger partial charge in [0.2, 0.25) is 0 Å². The smallest absolute Gasteiger partial charge is 0.300 e. The summed E-state index contributed by atoms with van der Waals surface area (Å²) in [5.74, 6) is -0.833. The van der Waals surface area contributed by atoms with Gasteiger partial charge in [0.1, 0.15) is 0 Å². The highest BCUT2D eigenvalue weighted by Crippen LogP contribution is 1.86. The summed E-state index contributed by atoms with van der Waals surface area (Å²) in [4.78, 5) is 9.00. The summed E-state index contributed by atoms with van der Waals surface area (Å²) >= 11 is 0. The van der Waals surface area contributed by atoms with Gasteiger partial charge in [-0.05, 0) is 0 Å². The molecule has 1 unspecified atom stereocenters. The molecule has 0 bridgehead atoms. The van der Waals surface area contributed by atoms with Crippen LogP contribution in [-0.2, 0) is 4.79 Å². The van der Waals surface area contributed by atoms with Crippen LogP contribution in [0.4, 0.5) is 0 Å². The number of benzene rings is 1. The molecule has 0 spiro atoms. The van der Waals surface area contributed by atoms with E-state index in [4.69, 9.17) is 15.0 Å². The minimum atomic E-state index is -0.984. The fourth-order valence-electron chi connectivity index (χ4n) is 0.887. The largest absolute Gasteiger partial charge is 0.481 e. The minimum absolute atomic E-state index is 0.365. The van der Waals surface area contributed by atoms with Crippen LogP contribution < -0.4 is 5.19 Å². The monoisotopic (exact) mass is 212 g/mol. The first-order valence-electron chi connectivity index (χ1n) is 4.43. The molecule has 0 aliphatic carbocycles. The number of carboxylic acid groups (broad SMARTS) is 1. The van der Waals surface area contributed by atoms with Gasteiger partial charge < -0.3 is 10.2 Å². The fourth-order valence-corrected chi connectivity index (χ4v) is 1.98. The third kappa shape index (κ3) is 6.39. The molecule has 0 saturated carbocycles. The lowest BCUT2D eigenvalue weighted by Gasteiger charge is -2.04. The SMILES string of the molecule is CC(=O)O.C[SiH](CO)c1ccccc1. The maximum absolute atomic E-state index is 9.00. The van der Waals surface area contributed by atoms with E-state index < -0.39 is 14.8 Å². The molecule has 3 nitrogen and oxygen atoms in total. The van der Waals surface area contributed by atoms with E-state index in [-0.39, 0.29) is 0 Å². The Morgan fingerprint density at radius 3 is 2.14 bits per heavy atom. The predicted octanol–water partition coefficient (Wildman–Crippen LogP) is 0.373. The van der Waals surface area contributed by atoms with Crippen molar-refractivity contribution in [2.75, 3.05) is 6.23 Å². The normalized spacial score (nSPS) is 11.1. The maximum atomic E-state index is 9.00. The highest BCUT2D eigenvalue weighted by Gasteiger charge is 2.02. The van der Waals surface area contributed by atoms with Crippen molar-refractivity contribution in [1.29, 1.82) is 0 Å². The molecule has 0 aliphatic heterocycles. The number of hydrogen-bond donors (Lipinski definition) is 2. The van der Waals surface area contributed by atoms with Crippen molar-refractivity contribution < 1.29 is 15.0 Å². The first kappa shape index (κ1) is 12.9. The summed E-state index contributed by atoms with van der Waals surface area (Å²) in [6.45, 7) is 3.23. The van der Waals surface area contributed by atoms with Crippen molar-refractivity contribution in [1.82, 2.24) is 0 Å². The first-order valence-corrected chi connectivity index (χ1v) is 6.98. The molecule has 4 heteroatoms. The molecule has 1 atom stereocenters. The van der Waals surface area contributed by atoms with Crippen LogP contribution in [0.1, 0.15) is 6.92 Å². The van der Waals surface area contributed by atoms with Gasteiger partial charge in [0.05, 0.1) is 8.80 Å². The van der Waals surface area contributed by atoms with Crippen LogP contribution in [0.3, 0.4) is 0 Å². The van der Waals surface area contributed by atoms with Crippen molar-refractivity contribution in [3.63, 3.8) is 0 Å². The lowest BCUT2D eigenvalue weighted by atomic mass is 10.4. The van der Waals surface area contributed by atoms with Gasteiger partial charge in [0.15, 0.2) is 0 Å². The van der Waals surface area contributed by atoms with Gasteiger partial charge in [-0.25, -0.2) is 0 Å². The molecule has 1 rings (SSSR count). The highest BCUT2D eigenvalue weighted by molar-refractivity contribution is 6.71. The number of rotatable bonds is 2. The van der Waals surface area contributed by atoms with E-state index in [0.29, 0.717) is 6.23 Å². The fraction of sp³-hybridized carbons (Fsp3) is 0.300. The van der Waals surface area contributed by atoms with E-state index in [2.05, 4.69) is 18.7 Å². The second-order valence-corrected chi connectivity index (χ2v) is 5.85. The number of aliphatic carboxylic acids is 1. The van der Waals surface area contributed by atoms with Crippen LogP contribution in [0.5, 0.6) is 0 Å². The van der Waals surface area contributed by atoms with E-state index in [1.165, 1.54) is 5.19 Å². The summed E-state index contributed by atoms with van der Waals surface area (Å²) in [5, 5.41) is 17.6. The molecule has 1 aromatic carbocycles. The van der Waals surface area contributed by atoms with Crippen LogP contribution in [0, 0.1) is 0 Å². The van der Waals surface area contributed by atoms with Gasteiger partial charge in [-0.2, -0.15) is 0 Å². The van der Waals surface area contributed by atoms with Gasteiger partial charge >= 0.3 is 0 Å². The summed E-state index contributed by atoms with van der Waals surface area (Å²) in [6, 6.07) is 10.2. The number of carbonyl (C=O) groups is 1. The minimum Gasteiger partial charge on any atom is -0.481 e. The van der Waals surface area contributed by atoms with Gasteiger partial charge in [0.25, 0.3) is 5.97 Å². The van der Waals surface area contributed by atoms with Crippen LogP contribution in [-0.4, -0.2) is 31.2 Å². The molecule has 0 aliphatic rings. The van der Waals surface area contributed by atoms with Crippen LogP contribution in [0.2, 0.25) is 6.55 Å². The number of carboxylic acids is 1. The lowest BCUT2D eigenvalue weighted by Crippen LogP contribution is -2.30. The molecule has 0 aromatic heterocycles. The van der Waals surface area contributed by atoms with E-state index in [0.717, 1.165) is 6.92 Å². The Balaban J connectivity index is 0.000000364. The number of aliphatic hydroxyl groups is 1.